The summed E-state index contributed by atoms with van der Waals surface area (Å²) in [5, 5.41) is 2.85. The number of hydrogen-bond donors (Lipinski definition) is 0. The van der Waals surface area contributed by atoms with Gasteiger partial charge >= 0.3 is 0 Å². The minimum atomic E-state index is 0.469. The van der Waals surface area contributed by atoms with Crippen molar-refractivity contribution in [3.05, 3.63) is 57.8 Å². The van der Waals surface area contributed by atoms with Gasteiger partial charge in [0.2, 0.25) is 0 Å². The number of nitrogens with zero attached hydrogens (tertiary/aromatic N) is 2. The molecule has 21 heavy (non-hydrogen) atoms. The second kappa shape index (κ2) is 6.12. The van der Waals surface area contributed by atoms with Crippen LogP contribution in [0.5, 0.6) is 0 Å². The van der Waals surface area contributed by atoms with Gasteiger partial charge in [-0.25, -0.2) is 9.97 Å². The minimum Gasteiger partial charge on any atom is -0.232 e. The molecule has 0 saturated heterocycles. The van der Waals surface area contributed by atoms with Gasteiger partial charge in [-0.2, -0.15) is 0 Å². The van der Waals surface area contributed by atoms with Gasteiger partial charge in [0, 0.05) is 5.56 Å². The summed E-state index contributed by atoms with van der Waals surface area (Å²) in [5.41, 5.74) is 1.95. The molecule has 0 amide bonds. The highest BCUT2D eigenvalue weighted by molar-refractivity contribution is 9.10. The maximum Gasteiger partial charge on any atom is 0.161 e. The molecule has 3 aromatic rings. The first-order valence-electron chi connectivity index (χ1n) is 6.90. The van der Waals surface area contributed by atoms with E-state index >= 15 is 0 Å². The average molecular weight is 362 g/mol. The number of fused-ring (bicyclic) bond motifs is 1. The number of rotatable bonds is 3. The summed E-state index contributed by atoms with van der Waals surface area (Å²) >= 11 is 9.70. The Bertz CT molecular complexity index is 802. The Labute approximate surface area is 137 Å². The molecule has 0 fully saturated rings. The number of benzene rings is 2. The number of aromatic nitrogens is 2. The van der Waals surface area contributed by atoms with Crippen LogP contribution in [0.15, 0.2) is 46.9 Å². The van der Waals surface area contributed by atoms with E-state index in [1.807, 2.05) is 18.2 Å². The summed E-state index contributed by atoms with van der Waals surface area (Å²) < 4.78 is 0.801. The lowest BCUT2D eigenvalue weighted by Gasteiger charge is -2.08. The van der Waals surface area contributed by atoms with Crippen LogP contribution in [0, 0.1) is 0 Å². The standard InChI is InChI=1S/C17H14BrClN2/c1-2-5-14-15(18)16(19)21-17(20-14)13-9-8-11-6-3-4-7-12(11)10-13/h3-4,6-10H,2,5H2,1H3. The van der Waals surface area contributed by atoms with Crippen molar-refractivity contribution in [2.24, 2.45) is 0 Å². The zero-order valence-corrected chi connectivity index (χ0v) is 13.9. The maximum atomic E-state index is 6.22. The van der Waals surface area contributed by atoms with Crippen molar-refractivity contribution in [1.29, 1.82) is 0 Å². The van der Waals surface area contributed by atoms with E-state index in [4.69, 9.17) is 11.6 Å². The highest BCUT2D eigenvalue weighted by atomic mass is 79.9. The predicted molar refractivity (Wildman–Crippen MR) is 91.7 cm³/mol. The number of halogens is 2. The fraction of sp³-hybridized carbons (Fsp3) is 0.176. The Kier molecular flexibility index (Phi) is 4.22. The van der Waals surface area contributed by atoms with Crippen LogP contribution < -0.4 is 0 Å². The van der Waals surface area contributed by atoms with E-state index in [0.717, 1.165) is 28.6 Å². The molecule has 0 saturated carbocycles. The van der Waals surface area contributed by atoms with Crippen molar-refractivity contribution in [1.82, 2.24) is 9.97 Å². The molecule has 4 heteroatoms. The van der Waals surface area contributed by atoms with Gasteiger partial charge in [-0.15, -0.1) is 0 Å². The Morgan fingerprint density at radius 1 is 1.05 bits per heavy atom. The molecule has 2 nitrogen and oxygen atoms in total. The lowest BCUT2D eigenvalue weighted by molar-refractivity contribution is 0.868. The van der Waals surface area contributed by atoms with Crippen LogP contribution in [0.1, 0.15) is 19.0 Å². The summed E-state index contributed by atoms with van der Waals surface area (Å²) in [5.74, 6) is 0.678. The molecule has 0 aliphatic carbocycles. The molecule has 0 aliphatic heterocycles. The van der Waals surface area contributed by atoms with E-state index in [0.29, 0.717) is 11.0 Å². The monoisotopic (exact) mass is 360 g/mol. The fourth-order valence-electron chi connectivity index (χ4n) is 2.32. The van der Waals surface area contributed by atoms with Crippen LogP contribution in [0.2, 0.25) is 5.15 Å². The smallest absolute Gasteiger partial charge is 0.161 e. The second-order valence-corrected chi connectivity index (χ2v) is 6.06. The molecule has 0 radical (unpaired) electrons. The van der Waals surface area contributed by atoms with Crippen molar-refractivity contribution in [2.45, 2.75) is 19.8 Å². The summed E-state index contributed by atoms with van der Waals surface area (Å²) in [6.07, 6.45) is 1.90. The van der Waals surface area contributed by atoms with Gasteiger partial charge in [-0.1, -0.05) is 61.3 Å². The van der Waals surface area contributed by atoms with Gasteiger partial charge in [-0.3, -0.25) is 0 Å². The zero-order valence-electron chi connectivity index (χ0n) is 11.6. The molecule has 0 bridgehead atoms. The molecule has 0 aliphatic rings. The van der Waals surface area contributed by atoms with Crippen LogP contribution in [0.3, 0.4) is 0 Å². The van der Waals surface area contributed by atoms with Gasteiger partial charge < -0.3 is 0 Å². The highest BCUT2D eigenvalue weighted by Gasteiger charge is 2.11. The van der Waals surface area contributed by atoms with Crippen LogP contribution in [-0.4, -0.2) is 9.97 Å². The van der Waals surface area contributed by atoms with Crippen molar-refractivity contribution < 1.29 is 0 Å². The van der Waals surface area contributed by atoms with Gasteiger partial charge in [0.25, 0.3) is 0 Å². The Hall–Kier alpha value is -1.45. The highest BCUT2D eigenvalue weighted by Crippen LogP contribution is 2.29. The number of hydrogen-bond acceptors (Lipinski definition) is 2. The summed E-state index contributed by atoms with van der Waals surface area (Å²) in [6, 6.07) is 14.5. The van der Waals surface area contributed by atoms with Crippen molar-refractivity contribution in [2.75, 3.05) is 0 Å². The van der Waals surface area contributed by atoms with Crippen molar-refractivity contribution in [3.8, 4) is 11.4 Å². The third kappa shape index (κ3) is 2.94. The lowest BCUT2D eigenvalue weighted by atomic mass is 10.1. The second-order valence-electron chi connectivity index (χ2n) is 4.91. The summed E-state index contributed by atoms with van der Waals surface area (Å²) in [6.45, 7) is 2.12. The third-order valence-corrected chi connectivity index (χ3v) is 4.71. The van der Waals surface area contributed by atoms with E-state index < -0.39 is 0 Å². The fourth-order valence-corrected chi connectivity index (χ4v) is 2.89. The molecule has 2 aromatic carbocycles. The van der Waals surface area contributed by atoms with Gasteiger partial charge in [0.15, 0.2) is 5.82 Å². The molecular weight excluding hydrogens is 348 g/mol. The predicted octanol–water partition coefficient (Wildman–Crippen LogP) is 5.67. The molecule has 1 aromatic heterocycles. The zero-order chi connectivity index (χ0) is 14.8. The molecule has 0 unspecified atom stereocenters. The van der Waals surface area contributed by atoms with Crippen LogP contribution in [0.25, 0.3) is 22.2 Å². The normalized spacial score (nSPS) is 11.0. The summed E-state index contributed by atoms with van der Waals surface area (Å²) in [4.78, 5) is 9.06. The van der Waals surface area contributed by atoms with Gasteiger partial charge in [0.05, 0.1) is 10.2 Å². The van der Waals surface area contributed by atoms with Crippen molar-refractivity contribution >= 4 is 38.3 Å². The molecule has 0 atom stereocenters. The molecule has 1 heterocycles. The Balaban J connectivity index is 2.13. The molecule has 0 N–H and O–H groups in total. The van der Waals surface area contributed by atoms with E-state index in [2.05, 4.69) is 57.1 Å². The van der Waals surface area contributed by atoms with Crippen molar-refractivity contribution in [3.63, 3.8) is 0 Å². The van der Waals surface area contributed by atoms with E-state index in [-0.39, 0.29) is 0 Å². The van der Waals surface area contributed by atoms with Gasteiger partial charge in [0.1, 0.15) is 5.15 Å². The maximum absolute atomic E-state index is 6.22. The van der Waals surface area contributed by atoms with E-state index in [9.17, 15) is 0 Å². The number of aryl methyl sites for hydroxylation is 1. The van der Waals surface area contributed by atoms with E-state index in [1.165, 1.54) is 10.8 Å². The van der Waals surface area contributed by atoms with Crippen LogP contribution >= 0.6 is 27.5 Å². The first kappa shape index (κ1) is 14.5. The Morgan fingerprint density at radius 3 is 2.57 bits per heavy atom. The molecule has 0 spiro atoms. The molecule has 3 rings (SSSR count). The summed E-state index contributed by atoms with van der Waals surface area (Å²) in [7, 11) is 0. The quantitative estimate of drug-likeness (QED) is 0.562. The lowest BCUT2D eigenvalue weighted by Crippen LogP contribution is -1.98. The Morgan fingerprint density at radius 2 is 1.81 bits per heavy atom. The SMILES string of the molecule is CCCc1nc(-c2ccc3ccccc3c2)nc(Cl)c1Br. The topological polar surface area (TPSA) is 25.8 Å². The average Bonchev–Trinajstić information content (AvgIpc) is 2.51. The molecular formula is C17H14BrClN2. The van der Waals surface area contributed by atoms with Crippen LogP contribution in [0.4, 0.5) is 0 Å². The molecule has 106 valence electrons. The van der Waals surface area contributed by atoms with Gasteiger partial charge in [-0.05, 0) is 39.2 Å². The largest absolute Gasteiger partial charge is 0.232 e. The van der Waals surface area contributed by atoms with Crippen LogP contribution in [-0.2, 0) is 6.42 Å². The first-order valence-corrected chi connectivity index (χ1v) is 8.07. The van der Waals surface area contributed by atoms with E-state index in [1.54, 1.807) is 0 Å². The third-order valence-electron chi connectivity index (χ3n) is 3.37. The first-order chi connectivity index (χ1) is 10.2. The minimum absolute atomic E-state index is 0.469.